The van der Waals surface area contributed by atoms with Gasteiger partial charge >= 0.3 is 0 Å². The van der Waals surface area contributed by atoms with Crippen molar-refractivity contribution in [2.45, 2.75) is 32.7 Å². The van der Waals surface area contributed by atoms with Crippen LogP contribution in [0.25, 0.3) is 0 Å². The van der Waals surface area contributed by atoms with E-state index in [0.29, 0.717) is 12.5 Å². The predicted octanol–water partition coefficient (Wildman–Crippen LogP) is 0.527. The molecule has 1 aliphatic heterocycles. The fourth-order valence-electron chi connectivity index (χ4n) is 1.83. The van der Waals surface area contributed by atoms with Crippen LogP contribution in [-0.4, -0.2) is 38.3 Å². The molecule has 15 heavy (non-hydrogen) atoms. The molecule has 0 spiro atoms. The zero-order valence-electron chi connectivity index (χ0n) is 9.71. The van der Waals surface area contributed by atoms with Crippen LogP contribution in [-0.2, 0) is 9.53 Å². The molecule has 1 saturated heterocycles. The van der Waals surface area contributed by atoms with Crippen molar-refractivity contribution in [1.29, 1.82) is 0 Å². The Labute approximate surface area is 91.8 Å². The third kappa shape index (κ3) is 4.62. The van der Waals surface area contributed by atoms with Crippen molar-refractivity contribution < 1.29 is 9.53 Å². The summed E-state index contributed by atoms with van der Waals surface area (Å²) in [5.74, 6) is 0.572. The number of rotatable bonds is 6. The standard InChI is InChI=1S/C11H22N2O2/c1-3-6-15-8-11(14)13-9(2)10-4-5-12-7-10/h9-10,12H,3-8H2,1-2H3,(H,13,14). The Balaban J connectivity index is 2.13. The van der Waals surface area contributed by atoms with Crippen molar-refractivity contribution in [3.8, 4) is 0 Å². The first-order valence-corrected chi connectivity index (χ1v) is 5.82. The van der Waals surface area contributed by atoms with E-state index in [0.717, 1.165) is 25.9 Å². The molecule has 1 fully saturated rings. The second-order valence-corrected chi connectivity index (χ2v) is 4.16. The molecule has 0 saturated carbocycles. The molecular formula is C11H22N2O2. The highest BCUT2D eigenvalue weighted by Gasteiger charge is 2.22. The van der Waals surface area contributed by atoms with Crippen LogP contribution in [0.3, 0.4) is 0 Å². The highest BCUT2D eigenvalue weighted by Crippen LogP contribution is 2.11. The van der Waals surface area contributed by atoms with E-state index in [4.69, 9.17) is 4.74 Å². The monoisotopic (exact) mass is 214 g/mol. The van der Waals surface area contributed by atoms with E-state index in [-0.39, 0.29) is 18.6 Å². The van der Waals surface area contributed by atoms with Crippen molar-refractivity contribution in [2.24, 2.45) is 5.92 Å². The predicted molar refractivity (Wildman–Crippen MR) is 59.7 cm³/mol. The number of carbonyl (C=O) groups is 1. The molecule has 0 aliphatic carbocycles. The zero-order valence-corrected chi connectivity index (χ0v) is 9.71. The van der Waals surface area contributed by atoms with Crippen LogP contribution in [0.2, 0.25) is 0 Å². The Morgan fingerprint density at radius 2 is 2.47 bits per heavy atom. The summed E-state index contributed by atoms with van der Waals surface area (Å²) in [6.45, 7) is 7.03. The minimum absolute atomic E-state index is 0.00264. The maximum atomic E-state index is 11.4. The largest absolute Gasteiger partial charge is 0.372 e. The number of hydrogen-bond acceptors (Lipinski definition) is 3. The summed E-state index contributed by atoms with van der Waals surface area (Å²) < 4.78 is 5.18. The lowest BCUT2D eigenvalue weighted by molar-refractivity contribution is -0.126. The Bertz CT molecular complexity index is 191. The van der Waals surface area contributed by atoms with Gasteiger partial charge in [0.15, 0.2) is 0 Å². The van der Waals surface area contributed by atoms with Gasteiger partial charge in [-0.25, -0.2) is 0 Å². The average molecular weight is 214 g/mol. The molecule has 2 unspecified atom stereocenters. The maximum absolute atomic E-state index is 11.4. The van der Waals surface area contributed by atoms with E-state index in [1.165, 1.54) is 0 Å². The van der Waals surface area contributed by atoms with Crippen molar-refractivity contribution in [1.82, 2.24) is 10.6 Å². The molecule has 4 nitrogen and oxygen atoms in total. The van der Waals surface area contributed by atoms with Crippen molar-refractivity contribution >= 4 is 5.91 Å². The maximum Gasteiger partial charge on any atom is 0.246 e. The second kappa shape index (κ2) is 6.80. The van der Waals surface area contributed by atoms with Crippen LogP contribution in [0.1, 0.15) is 26.7 Å². The first-order chi connectivity index (χ1) is 7.24. The van der Waals surface area contributed by atoms with E-state index in [1.54, 1.807) is 0 Å². The third-order valence-electron chi connectivity index (χ3n) is 2.78. The molecule has 0 aromatic heterocycles. The lowest BCUT2D eigenvalue weighted by Gasteiger charge is -2.19. The van der Waals surface area contributed by atoms with Gasteiger partial charge in [-0.15, -0.1) is 0 Å². The molecule has 1 aliphatic rings. The van der Waals surface area contributed by atoms with Gasteiger partial charge in [0.25, 0.3) is 0 Å². The van der Waals surface area contributed by atoms with Crippen molar-refractivity contribution in [3.63, 3.8) is 0 Å². The first-order valence-electron chi connectivity index (χ1n) is 5.82. The topological polar surface area (TPSA) is 50.4 Å². The van der Waals surface area contributed by atoms with Crippen LogP contribution < -0.4 is 10.6 Å². The summed E-state index contributed by atoms with van der Waals surface area (Å²) >= 11 is 0. The highest BCUT2D eigenvalue weighted by atomic mass is 16.5. The lowest BCUT2D eigenvalue weighted by atomic mass is 10.0. The third-order valence-corrected chi connectivity index (χ3v) is 2.78. The van der Waals surface area contributed by atoms with Gasteiger partial charge in [-0.05, 0) is 38.8 Å². The van der Waals surface area contributed by atoms with Gasteiger partial charge in [0.1, 0.15) is 6.61 Å². The second-order valence-electron chi connectivity index (χ2n) is 4.16. The number of ether oxygens (including phenoxy) is 1. The SMILES string of the molecule is CCCOCC(=O)NC(C)C1CCNC1. The number of hydrogen-bond donors (Lipinski definition) is 2. The molecule has 2 N–H and O–H groups in total. The lowest BCUT2D eigenvalue weighted by Crippen LogP contribution is -2.40. The van der Waals surface area contributed by atoms with E-state index in [2.05, 4.69) is 17.6 Å². The van der Waals surface area contributed by atoms with Gasteiger partial charge in [-0.1, -0.05) is 6.92 Å². The minimum Gasteiger partial charge on any atom is -0.372 e. The zero-order chi connectivity index (χ0) is 11.1. The molecule has 2 atom stereocenters. The normalized spacial score (nSPS) is 22.7. The van der Waals surface area contributed by atoms with Crippen molar-refractivity contribution in [3.05, 3.63) is 0 Å². The van der Waals surface area contributed by atoms with Gasteiger partial charge in [0.2, 0.25) is 5.91 Å². The van der Waals surface area contributed by atoms with Gasteiger partial charge in [-0.2, -0.15) is 0 Å². The highest BCUT2D eigenvalue weighted by molar-refractivity contribution is 5.77. The molecular weight excluding hydrogens is 192 g/mol. The Kier molecular flexibility index (Phi) is 5.65. The van der Waals surface area contributed by atoms with E-state index < -0.39 is 0 Å². The molecule has 1 amide bonds. The van der Waals surface area contributed by atoms with Gasteiger partial charge in [0, 0.05) is 12.6 Å². The summed E-state index contributed by atoms with van der Waals surface area (Å²) in [6.07, 6.45) is 2.10. The molecule has 1 rings (SSSR count). The number of carbonyl (C=O) groups excluding carboxylic acids is 1. The fraction of sp³-hybridized carbons (Fsp3) is 0.909. The van der Waals surface area contributed by atoms with Gasteiger partial charge in [-0.3, -0.25) is 4.79 Å². The summed E-state index contributed by atoms with van der Waals surface area (Å²) in [6, 6.07) is 0.248. The summed E-state index contributed by atoms with van der Waals surface area (Å²) in [5.41, 5.74) is 0. The number of amides is 1. The van der Waals surface area contributed by atoms with Crippen molar-refractivity contribution in [2.75, 3.05) is 26.3 Å². The molecule has 0 aromatic rings. The minimum atomic E-state index is 0.00264. The smallest absolute Gasteiger partial charge is 0.246 e. The summed E-state index contributed by atoms with van der Waals surface area (Å²) in [5, 5.41) is 6.27. The van der Waals surface area contributed by atoms with Crippen LogP contribution >= 0.6 is 0 Å². The van der Waals surface area contributed by atoms with E-state index in [9.17, 15) is 4.79 Å². The molecule has 4 heteroatoms. The average Bonchev–Trinajstić information content (AvgIpc) is 2.70. The summed E-state index contributed by atoms with van der Waals surface area (Å²) in [4.78, 5) is 11.4. The van der Waals surface area contributed by atoms with E-state index in [1.807, 2.05) is 6.92 Å². The summed E-state index contributed by atoms with van der Waals surface area (Å²) in [7, 11) is 0. The fourth-order valence-corrected chi connectivity index (χ4v) is 1.83. The van der Waals surface area contributed by atoms with Crippen LogP contribution in [0.5, 0.6) is 0 Å². The molecule has 1 heterocycles. The Morgan fingerprint density at radius 1 is 1.67 bits per heavy atom. The van der Waals surface area contributed by atoms with Gasteiger partial charge in [0.05, 0.1) is 0 Å². The molecule has 0 bridgehead atoms. The quantitative estimate of drug-likeness (QED) is 0.634. The Hall–Kier alpha value is -0.610. The molecule has 0 aromatic carbocycles. The number of nitrogens with one attached hydrogen (secondary N) is 2. The Morgan fingerprint density at radius 3 is 3.07 bits per heavy atom. The van der Waals surface area contributed by atoms with Gasteiger partial charge < -0.3 is 15.4 Å². The first kappa shape index (κ1) is 12.5. The molecule has 88 valence electrons. The van der Waals surface area contributed by atoms with E-state index >= 15 is 0 Å². The van der Waals surface area contributed by atoms with Crippen LogP contribution in [0.15, 0.2) is 0 Å². The molecule has 0 radical (unpaired) electrons. The van der Waals surface area contributed by atoms with Crippen LogP contribution in [0.4, 0.5) is 0 Å². The van der Waals surface area contributed by atoms with Crippen LogP contribution in [0, 0.1) is 5.92 Å².